The molecule has 0 radical (unpaired) electrons. The van der Waals surface area contributed by atoms with Crippen LogP contribution in [0.3, 0.4) is 0 Å². The third kappa shape index (κ3) is 4.76. The average Bonchev–Trinajstić information content (AvgIpc) is 2.61. The van der Waals surface area contributed by atoms with E-state index in [0.29, 0.717) is 31.9 Å². The quantitative estimate of drug-likeness (QED) is 0.733. The number of morpholine rings is 1. The van der Waals surface area contributed by atoms with Crippen molar-refractivity contribution >= 4 is 15.9 Å². The molecule has 1 aromatic carbocycles. The predicted molar refractivity (Wildman–Crippen MR) is 89.4 cm³/mol. The Morgan fingerprint density at radius 3 is 2.71 bits per heavy atom. The first-order valence-electron chi connectivity index (χ1n) is 7.97. The fourth-order valence-electron chi connectivity index (χ4n) is 2.47. The summed E-state index contributed by atoms with van der Waals surface area (Å²) >= 11 is 0. The molecule has 0 aromatic heterocycles. The van der Waals surface area contributed by atoms with Crippen LogP contribution in [0, 0.1) is 0 Å². The van der Waals surface area contributed by atoms with Gasteiger partial charge in [-0.1, -0.05) is 6.92 Å². The van der Waals surface area contributed by atoms with Crippen molar-refractivity contribution in [2.45, 2.75) is 24.3 Å². The van der Waals surface area contributed by atoms with Crippen molar-refractivity contribution in [3.8, 4) is 0 Å². The Bertz CT molecular complexity index is 645. The number of rotatable bonds is 7. The van der Waals surface area contributed by atoms with Gasteiger partial charge in [0.05, 0.1) is 24.2 Å². The molecule has 24 heavy (non-hydrogen) atoms. The summed E-state index contributed by atoms with van der Waals surface area (Å²) in [5, 5.41) is 0. The van der Waals surface area contributed by atoms with Crippen molar-refractivity contribution in [3.05, 3.63) is 29.8 Å². The zero-order chi connectivity index (χ0) is 17.6. The monoisotopic (exact) mass is 356 g/mol. The topological polar surface area (TPSA) is 84.9 Å². The Kier molecular flexibility index (Phi) is 6.73. The van der Waals surface area contributed by atoms with E-state index in [4.69, 9.17) is 9.47 Å². The number of carbonyl (C=O) groups excluding carboxylic acids is 1. The van der Waals surface area contributed by atoms with Crippen molar-refractivity contribution in [3.63, 3.8) is 0 Å². The van der Waals surface area contributed by atoms with Gasteiger partial charge in [-0.2, -0.15) is 0 Å². The minimum Gasteiger partial charge on any atom is -0.383 e. The molecule has 1 aliphatic heterocycles. The van der Waals surface area contributed by atoms with Crippen LogP contribution >= 0.6 is 0 Å². The first-order valence-corrected chi connectivity index (χ1v) is 9.45. The first-order chi connectivity index (χ1) is 11.5. The van der Waals surface area contributed by atoms with Crippen LogP contribution in [0.25, 0.3) is 0 Å². The van der Waals surface area contributed by atoms with Crippen molar-refractivity contribution < 1.29 is 22.7 Å². The summed E-state index contributed by atoms with van der Waals surface area (Å²) in [6.45, 7) is 4.16. The van der Waals surface area contributed by atoms with Crippen LogP contribution in [0.5, 0.6) is 0 Å². The number of hydrogen-bond donors (Lipinski definition) is 1. The van der Waals surface area contributed by atoms with E-state index in [9.17, 15) is 13.2 Å². The number of ether oxygens (including phenoxy) is 2. The number of nitrogens with zero attached hydrogens (tertiary/aromatic N) is 1. The van der Waals surface area contributed by atoms with Crippen LogP contribution in [0.1, 0.15) is 23.7 Å². The summed E-state index contributed by atoms with van der Waals surface area (Å²) in [5.41, 5.74) is 0.475. The van der Waals surface area contributed by atoms with E-state index >= 15 is 0 Å². The van der Waals surface area contributed by atoms with Gasteiger partial charge in [0.15, 0.2) is 0 Å². The molecule has 134 valence electrons. The summed E-state index contributed by atoms with van der Waals surface area (Å²) in [7, 11) is -2.08. The second-order valence-corrected chi connectivity index (χ2v) is 7.33. The number of amides is 1. The van der Waals surface area contributed by atoms with E-state index in [1.807, 2.05) is 6.92 Å². The van der Waals surface area contributed by atoms with Gasteiger partial charge in [-0.05, 0) is 30.7 Å². The second-order valence-electron chi connectivity index (χ2n) is 5.57. The van der Waals surface area contributed by atoms with Crippen LogP contribution in [0.15, 0.2) is 29.2 Å². The molecule has 1 heterocycles. The van der Waals surface area contributed by atoms with E-state index in [0.717, 1.165) is 6.42 Å². The second kappa shape index (κ2) is 8.57. The van der Waals surface area contributed by atoms with Crippen LogP contribution < -0.4 is 4.72 Å². The van der Waals surface area contributed by atoms with Gasteiger partial charge in [0.1, 0.15) is 0 Å². The van der Waals surface area contributed by atoms with Crippen LogP contribution in [-0.2, 0) is 19.5 Å². The average molecular weight is 356 g/mol. The third-order valence-electron chi connectivity index (χ3n) is 3.89. The maximum atomic E-state index is 12.5. The highest BCUT2D eigenvalue weighted by Crippen LogP contribution is 2.15. The van der Waals surface area contributed by atoms with Crippen molar-refractivity contribution in [2.75, 3.05) is 40.0 Å². The molecule has 0 spiro atoms. The molecule has 1 aliphatic rings. The van der Waals surface area contributed by atoms with Gasteiger partial charge in [0.25, 0.3) is 5.91 Å². The Balaban J connectivity index is 2.04. The number of hydrogen-bond acceptors (Lipinski definition) is 5. The van der Waals surface area contributed by atoms with Gasteiger partial charge in [-0.25, -0.2) is 13.1 Å². The molecule has 2 rings (SSSR count). The minimum absolute atomic E-state index is 0.0623. The lowest BCUT2D eigenvalue weighted by molar-refractivity contribution is -0.0226. The number of methoxy groups -OCH3 is 1. The SMILES string of the molecule is CCC1CN(C(=O)c2ccc(S(=O)(=O)NCCOC)cc2)CCO1. The van der Waals surface area contributed by atoms with Gasteiger partial charge >= 0.3 is 0 Å². The lowest BCUT2D eigenvalue weighted by atomic mass is 10.1. The zero-order valence-corrected chi connectivity index (χ0v) is 14.8. The largest absolute Gasteiger partial charge is 0.383 e. The highest BCUT2D eigenvalue weighted by Gasteiger charge is 2.24. The lowest BCUT2D eigenvalue weighted by Crippen LogP contribution is -2.45. The highest BCUT2D eigenvalue weighted by molar-refractivity contribution is 7.89. The molecule has 0 aliphatic carbocycles. The summed E-state index contributed by atoms with van der Waals surface area (Å²) in [4.78, 5) is 14.4. The third-order valence-corrected chi connectivity index (χ3v) is 5.37. The van der Waals surface area contributed by atoms with Crippen LogP contribution in [-0.4, -0.2) is 65.3 Å². The summed E-state index contributed by atoms with van der Waals surface area (Å²) < 4.78 is 37.0. The Morgan fingerprint density at radius 2 is 2.08 bits per heavy atom. The van der Waals surface area contributed by atoms with E-state index in [1.165, 1.54) is 19.2 Å². The van der Waals surface area contributed by atoms with Crippen LogP contribution in [0.4, 0.5) is 0 Å². The highest BCUT2D eigenvalue weighted by atomic mass is 32.2. The summed E-state index contributed by atoms with van der Waals surface area (Å²) in [5.74, 6) is -0.104. The first kappa shape index (κ1) is 18.9. The number of nitrogens with one attached hydrogen (secondary N) is 1. The van der Waals surface area contributed by atoms with Gasteiger partial charge in [-0.15, -0.1) is 0 Å². The molecular weight excluding hydrogens is 332 g/mol. The molecule has 1 unspecified atom stereocenters. The van der Waals surface area contributed by atoms with Crippen molar-refractivity contribution in [1.82, 2.24) is 9.62 Å². The Hall–Kier alpha value is -1.48. The fraction of sp³-hybridized carbons (Fsp3) is 0.562. The maximum absolute atomic E-state index is 12.5. The Labute approximate surface area is 143 Å². The molecule has 1 saturated heterocycles. The molecule has 1 amide bonds. The minimum atomic E-state index is -3.59. The van der Waals surface area contributed by atoms with E-state index in [-0.39, 0.29) is 23.5 Å². The molecule has 7 nitrogen and oxygen atoms in total. The number of sulfonamides is 1. The van der Waals surface area contributed by atoms with Gasteiger partial charge < -0.3 is 14.4 Å². The molecule has 0 saturated carbocycles. The summed E-state index contributed by atoms with van der Waals surface area (Å²) in [6.07, 6.45) is 0.918. The predicted octanol–water partition coefficient (Wildman–Crippen LogP) is 0.862. The number of benzene rings is 1. The van der Waals surface area contributed by atoms with E-state index < -0.39 is 10.0 Å². The summed E-state index contributed by atoms with van der Waals surface area (Å²) in [6, 6.07) is 5.98. The zero-order valence-electron chi connectivity index (χ0n) is 14.0. The normalized spacial score (nSPS) is 18.6. The molecule has 8 heteroatoms. The maximum Gasteiger partial charge on any atom is 0.254 e. The smallest absolute Gasteiger partial charge is 0.254 e. The van der Waals surface area contributed by atoms with E-state index in [1.54, 1.807) is 17.0 Å². The van der Waals surface area contributed by atoms with Crippen molar-refractivity contribution in [1.29, 1.82) is 0 Å². The fourth-order valence-corrected chi connectivity index (χ4v) is 3.48. The van der Waals surface area contributed by atoms with Gasteiger partial charge in [0.2, 0.25) is 10.0 Å². The van der Waals surface area contributed by atoms with Gasteiger partial charge in [-0.3, -0.25) is 4.79 Å². The molecule has 1 N–H and O–H groups in total. The number of carbonyl (C=O) groups is 1. The van der Waals surface area contributed by atoms with Crippen molar-refractivity contribution in [2.24, 2.45) is 0 Å². The standard InChI is InChI=1S/C16H24N2O5S/c1-3-14-12-18(9-11-23-14)16(19)13-4-6-15(7-5-13)24(20,21)17-8-10-22-2/h4-7,14,17H,3,8-12H2,1-2H3. The molecular formula is C16H24N2O5S. The van der Waals surface area contributed by atoms with Crippen LogP contribution in [0.2, 0.25) is 0 Å². The molecule has 0 bridgehead atoms. The van der Waals surface area contributed by atoms with E-state index in [2.05, 4.69) is 4.72 Å². The Morgan fingerprint density at radius 1 is 1.38 bits per heavy atom. The lowest BCUT2D eigenvalue weighted by Gasteiger charge is -2.32. The van der Waals surface area contributed by atoms with Gasteiger partial charge in [0, 0.05) is 32.3 Å². The molecule has 1 aromatic rings. The molecule has 1 atom stereocenters. The molecule has 1 fully saturated rings.